The maximum atomic E-state index is 12.0. The number of hydrogen-bond donors (Lipinski definition) is 0. The Morgan fingerprint density at radius 3 is 1.65 bits per heavy atom. The highest BCUT2D eigenvalue weighted by Gasteiger charge is 2.15. The molecule has 0 aromatic rings. The van der Waals surface area contributed by atoms with E-state index in [1.807, 2.05) is 11.9 Å². The maximum absolute atomic E-state index is 12.0. The molecule has 0 N–H and O–H groups in total. The summed E-state index contributed by atoms with van der Waals surface area (Å²) in [6.45, 7) is 0. The van der Waals surface area contributed by atoms with Gasteiger partial charge in [-0.15, -0.1) is 0 Å². The fraction of sp³-hybridized carbons (Fsp3) is 0.190. The number of hydrogen-bond acceptors (Lipinski definition) is 5. The Kier molecular flexibility index (Phi) is 6.69. The highest BCUT2D eigenvalue weighted by Crippen LogP contribution is 2.23. The molecule has 26 heavy (non-hydrogen) atoms. The van der Waals surface area contributed by atoms with Crippen LogP contribution in [0, 0.1) is 11.8 Å². The van der Waals surface area contributed by atoms with Crippen molar-refractivity contribution in [3.05, 3.63) is 83.4 Å². The summed E-state index contributed by atoms with van der Waals surface area (Å²) in [7, 11) is 3.02. The van der Waals surface area contributed by atoms with Crippen molar-refractivity contribution in [2.24, 2.45) is 11.8 Å². The lowest BCUT2D eigenvalue weighted by Gasteiger charge is -2.13. The van der Waals surface area contributed by atoms with Gasteiger partial charge in [0.05, 0.1) is 25.4 Å². The van der Waals surface area contributed by atoms with Gasteiger partial charge in [-0.3, -0.25) is 4.79 Å². The van der Waals surface area contributed by atoms with Crippen LogP contribution in [-0.2, 0) is 23.9 Å². The van der Waals surface area contributed by atoms with Crippen molar-refractivity contribution in [1.82, 2.24) is 0 Å². The fourth-order valence-corrected chi connectivity index (χ4v) is 2.44. The molecule has 0 saturated carbocycles. The Bertz CT molecular complexity index is 781. The molecule has 0 saturated heterocycles. The Labute approximate surface area is 151 Å². The van der Waals surface area contributed by atoms with Gasteiger partial charge in [-0.1, -0.05) is 24.3 Å². The molecule has 2 aliphatic rings. The number of allylic oxidation sites excluding steroid dienone is 12. The Morgan fingerprint density at radius 1 is 0.885 bits per heavy atom. The second-order valence-electron chi connectivity index (χ2n) is 5.51. The topological polar surface area (TPSA) is 69.7 Å². The van der Waals surface area contributed by atoms with Crippen molar-refractivity contribution in [1.29, 1.82) is 0 Å². The standard InChI is InChI=1S/C21H18O5/c1-25-20-9-5-15(17(11-20)13-22)3-7-19(24)8-4-16-6-10-21(26-2)12-18(16)14-23/h3-12,15-16H,1-2H3. The molecule has 5 heteroatoms. The van der Waals surface area contributed by atoms with Gasteiger partial charge in [0.1, 0.15) is 23.4 Å². The lowest BCUT2D eigenvalue weighted by atomic mass is 9.93. The molecule has 0 amide bonds. The van der Waals surface area contributed by atoms with Gasteiger partial charge in [0.2, 0.25) is 0 Å². The molecule has 5 nitrogen and oxygen atoms in total. The van der Waals surface area contributed by atoms with Gasteiger partial charge in [-0.25, -0.2) is 9.59 Å². The fourth-order valence-electron chi connectivity index (χ4n) is 2.44. The van der Waals surface area contributed by atoms with Gasteiger partial charge in [0.15, 0.2) is 5.78 Å². The third-order valence-electron chi connectivity index (χ3n) is 3.89. The molecular formula is C21H18O5. The molecule has 0 radical (unpaired) electrons. The van der Waals surface area contributed by atoms with Crippen LogP contribution >= 0.6 is 0 Å². The van der Waals surface area contributed by atoms with E-state index in [4.69, 9.17) is 9.47 Å². The van der Waals surface area contributed by atoms with E-state index in [0.29, 0.717) is 22.7 Å². The molecule has 2 aliphatic carbocycles. The van der Waals surface area contributed by atoms with Crippen LogP contribution in [0.15, 0.2) is 83.4 Å². The second kappa shape index (κ2) is 9.19. The first-order valence-corrected chi connectivity index (χ1v) is 7.89. The van der Waals surface area contributed by atoms with Gasteiger partial charge in [0, 0.05) is 11.8 Å². The first kappa shape index (κ1) is 18.9. The first-order valence-electron chi connectivity index (χ1n) is 7.89. The van der Waals surface area contributed by atoms with E-state index in [2.05, 4.69) is 0 Å². The zero-order valence-corrected chi connectivity index (χ0v) is 14.5. The van der Waals surface area contributed by atoms with Crippen LogP contribution in [-0.4, -0.2) is 31.9 Å². The van der Waals surface area contributed by atoms with Crippen LogP contribution in [0.4, 0.5) is 0 Å². The molecule has 2 rings (SSSR count). The van der Waals surface area contributed by atoms with Crippen LogP contribution in [0.25, 0.3) is 0 Å². The maximum Gasteiger partial charge on any atom is 0.178 e. The molecule has 0 spiro atoms. The van der Waals surface area contributed by atoms with Crippen LogP contribution in [0.1, 0.15) is 0 Å². The Balaban J connectivity index is 2.03. The summed E-state index contributed by atoms with van der Waals surface area (Å²) in [4.78, 5) is 34.1. The van der Waals surface area contributed by atoms with E-state index in [1.165, 1.54) is 26.4 Å². The molecule has 0 heterocycles. The van der Waals surface area contributed by atoms with Crippen molar-refractivity contribution in [3.8, 4) is 0 Å². The Morgan fingerprint density at radius 2 is 1.31 bits per heavy atom. The molecule has 0 fully saturated rings. The van der Waals surface area contributed by atoms with Gasteiger partial charge in [0.25, 0.3) is 0 Å². The van der Waals surface area contributed by atoms with Gasteiger partial charge >= 0.3 is 0 Å². The summed E-state index contributed by atoms with van der Waals surface area (Å²) in [6, 6.07) is 0. The summed E-state index contributed by atoms with van der Waals surface area (Å²) in [6.07, 6.45) is 16.1. The SMILES string of the molecule is COC1=CC(=C=O)C(C=CC(=O)C=CC2C=CC(OC)=CC2=C=O)C=C1. The average molecular weight is 350 g/mol. The minimum atomic E-state index is -0.337. The lowest BCUT2D eigenvalue weighted by Crippen LogP contribution is -2.04. The van der Waals surface area contributed by atoms with Crippen molar-refractivity contribution in [2.75, 3.05) is 14.2 Å². The number of ether oxygens (including phenoxy) is 2. The number of carbonyl (C=O) groups is 1. The molecule has 0 aliphatic heterocycles. The largest absolute Gasteiger partial charge is 0.497 e. The number of rotatable bonds is 6. The van der Waals surface area contributed by atoms with Crippen LogP contribution < -0.4 is 0 Å². The third-order valence-corrected chi connectivity index (χ3v) is 3.89. The second-order valence-corrected chi connectivity index (χ2v) is 5.51. The zero-order chi connectivity index (χ0) is 18.9. The van der Waals surface area contributed by atoms with E-state index in [0.717, 1.165) is 0 Å². The van der Waals surface area contributed by atoms with Crippen LogP contribution in [0.3, 0.4) is 0 Å². The average Bonchev–Trinajstić information content (AvgIpc) is 2.70. The third kappa shape index (κ3) is 4.81. The molecule has 0 aromatic carbocycles. The number of methoxy groups -OCH3 is 2. The molecule has 2 unspecified atom stereocenters. The van der Waals surface area contributed by atoms with Gasteiger partial charge in [-0.05, 0) is 36.5 Å². The predicted octanol–water partition coefficient (Wildman–Crippen LogP) is 2.62. The Hall–Kier alpha value is -3.39. The number of carbonyl (C=O) groups excluding carboxylic acids is 3. The quantitative estimate of drug-likeness (QED) is 0.544. The van der Waals surface area contributed by atoms with E-state index in [1.54, 1.807) is 48.6 Å². The normalized spacial score (nSPS) is 22.1. The van der Waals surface area contributed by atoms with Crippen LogP contribution in [0.2, 0.25) is 0 Å². The summed E-state index contributed by atoms with van der Waals surface area (Å²) >= 11 is 0. The predicted molar refractivity (Wildman–Crippen MR) is 97.1 cm³/mol. The molecular weight excluding hydrogens is 332 g/mol. The van der Waals surface area contributed by atoms with Crippen molar-refractivity contribution in [2.45, 2.75) is 0 Å². The van der Waals surface area contributed by atoms with E-state index >= 15 is 0 Å². The minimum absolute atomic E-state index is 0.259. The highest BCUT2D eigenvalue weighted by atomic mass is 16.5. The van der Waals surface area contributed by atoms with Crippen molar-refractivity contribution < 1.29 is 23.9 Å². The van der Waals surface area contributed by atoms with Gasteiger partial charge in [-0.2, -0.15) is 0 Å². The summed E-state index contributed by atoms with van der Waals surface area (Å²) in [5, 5.41) is 0. The molecule has 132 valence electrons. The summed E-state index contributed by atoms with van der Waals surface area (Å²) < 4.78 is 10.1. The zero-order valence-electron chi connectivity index (χ0n) is 14.5. The summed E-state index contributed by atoms with van der Waals surface area (Å²) in [5.41, 5.74) is 0.770. The smallest absolute Gasteiger partial charge is 0.178 e. The summed E-state index contributed by atoms with van der Waals surface area (Å²) in [5.74, 6) is 3.88. The lowest BCUT2D eigenvalue weighted by molar-refractivity contribution is -0.110. The van der Waals surface area contributed by atoms with Crippen molar-refractivity contribution in [3.63, 3.8) is 0 Å². The monoisotopic (exact) mass is 350 g/mol. The molecule has 0 aromatic heterocycles. The van der Waals surface area contributed by atoms with E-state index < -0.39 is 0 Å². The highest BCUT2D eigenvalue weighted by molar-refractivity contribution is 5.99. The van der Waals surface area contributed by atoms with E-state index in [-0.39, 0.29) is 17.6 Å². The minimum Gasteiger partial charge on any atom is -0.497 e. The van der Waals surface area contributed by atoms with Crippen LogP contribution in [0.5, 0.6) is 0 Å². The van der Waals surface area contributed by atoms with Crippen molar-refractivity contribution >= 4 is 17.7 Å². The molecule has 0 bridgehead atoms. The van der Waals surface area contributed by atoms with Gasteiger partial charge < -0.3 is 9.47 Å². The van der Waals surface area contributed by atoms with E-state index in [9.17, 15) is 14.4 Å². The molecule has 2 atom stereocenters. The first-order chi connectivity index (χ1) is 12.6. The number of ketones is 1.